The Balaban J connectivity index is 2.16. The van der Waals surface area contributed by atoms with E-state index in [1.165, 1.54) is 5.56 Å². The molecular formula is C12H17NO. The Morgan fingerprint density at radius 3 is 2.71 bits per heavy atom. The first-order valence-corrected chi connectivity index (χ1v) is 4.83. The van der Waals surface area contributed by atoms with Gasteiger partial charge in [0.15, 0.2) is 0 Å². The predicted octanol–water partition coefficient (Wildman–Crippen LogP) is 2.11. The molecule has 0 aliphatic rings. The van der Waals surface area contributed by atoms with Gasteiger partial charge in [0, 0.05) is 6.04 Å². The lowest BCUT2D eigenvalue weighted by atomic mass is 10.2. The van der Waals surface area contributed by atoms with Gasteiger partial charge in [0.25, 0.3) is 0 Å². The van der Waals surface area contributed by atoms with Crippen molar-refractivity contribution in [1.82, 2.24) is 0 Å². The number of benzene rings is 1. The fourth-order valence-corrected chi connectivity index (χ4v) is 1.09. The van der Waals surface area contributed by atoms with Gasteiger partial charge in [0.05, 0.1) is 13.2 Å². The topological polar surface area (TPSA) is 35.2 Å². The second-order valence-corrected chi connectivity index (χ2v) is 3.29. The van der Waals surface area contributed by atoms with E-state index in [1.54, 1.807) is 0 Å². The van der Waals surface area contributed by atoms with Gasteiger partial charge in [0.1, 0.15) is 0 Å². The van der Waals surface area contributed by atoms with Crippen LogP contribution in [0.15, 0.2) is 42.5 Å². The van der Waals surface area contributed by atoms with E-state index in [0.29, 0.717) is 13.2 Å². The molecule has 0 saturated heterocycles. The standard InChI is InChI=1S/C12H17NO/c1-11(13)6-5-9-14-10-12-7-3-2-4-8-12/h2-8,11H,9-10,13H2,1H3/b6-5-/t11-/m1/s1. The quantitative estimate of drug-likeness (QED) is 0.571. The number of nitrogens with two attached hydrogens (primary N) is 1. The van der Waals surface area contributed by atoms with Gasteiger partial charge in [-0.3, -0.25) is 0 Å². The molecule has 2 nitrogen and oxygen atoms in total. The third kappa shape index (κ3) is 4.80. The van der Waals surface area contributed by atoms with Crippen LogP contribution in [0.3, 0.4) is 0 Å². The van der Waals surface area contributed by atoms with Crippen molar-refractivity contribution in [2.45, 2.75) is 19.6 Å². The van der Waals surface area contributed by atoms with Crippen LogP contribution in [0.25, 0.3) is 0 Å². The second kappa shape index (κ2) is 6.35. The average molecular weight is 191 g/mol. The summed E-state index contributed by atoms with van der Waals surface area (Å²) in [6, 6.07) is 10.2. The number of hydrogen-bond acceptors (Lipinski definition) is 2. The van der Waals surface area contributed by atoms with Crippen LogP contribution < -0.4 is 5.73 Å². The van der Waals surface area contributed by atoms with E-state index in [0.717, 1.165) is 0 Å². The van der Waals surface area contributed by atoms with Crippen LogP contribution in [-0.2, 0) is 11.3 Å². The van der Waals surface area contributed by atoms with Gasteiger partial charge in [-0.1, -0.05) is 42.5 Å². The lowest BCUT2D eigenvalue weighted by Crippen LogP contribution is -2.10. The Labute approximate surface area is 85.4 Å². The summed E-state index contributed by atoms with van der Waals surface area (Å²) in [5.74, 6) is 0. The van der Waals surface area contributed by atoms with Crippen molar-refractivity contribution < 1.29 is 4.74 Å². The van der Waals surface area contributed by atoms with E-state index in [9.17, 15) is 0 Å². The Kier molecular flexibility index (Phi) is 4.97. The zero-order chi connectivity index (χ0) is 10.2. The van der Waals surface area contributed by atoms with Gasteiger partial charge in [-0.25, -0.2) is 0 Å². The van der Waals surface area contributed by atoms with Crippen molar-refractivity contribution in [1.29, 1.82) is 0 Å². The molecule has 0 aliphatic carbocycles. The minimum Gasteiger partial charge on any atom is -0.373 e. The molecule has 0 aromatic heterocycles. The average Bonchev–Trinajstić information content (AvgIpc) is 2.18. The molecule has 1 aromatic rings. The monoisotopic (exact) mass is 191 g/mol. The Morgan fingerprint density at radius 1 is 1.36 bits per heavy atom. The van der Waals surface area contributed by atoms with Crippen molar-refractivity contribution in [3.05, 3.63) is 48.0 Å². The summed E-state index contributed by atoms with van der Waals surface area (Å²) in [6.07, 6.45) is 3.89. The molecule has 0 radical (unpaired) electrons. The molecule has 0 saturated carbocycles. The van der Waals surface area contributed by atoms with Gasteiger partial charge < -0.3 is 10.5 Å². The molecule has 0 bridgehead atoms. The zero-order valence-electron chi connectivity index (χ0n) is 8.52. The van der Waals surface area contributed by atoms with Crippen LogP contribution in [0.1, 0.15) is 12.5 Å². The third-order valence-electron chi connectivity index (χ3n) is 1.77. The molecule has 2 N–H and O–H groups in total. The molecule has 0 aliphatic heterocycles. The lowest BCUT2D eigenvalue weighted by molar-refractivity contribution is 0.148. The summed E-state index contributed by atoms with van der Waals surface area (Å²) in [4.78, 5) is 0. The summed E-state index contributed by atoms with van der Waals surface area (Å²) >= 11 is 0. The number of hydrogen-bond donors (Lipinski definition) is 1. The fraction of sp³-hybridized carbons (Fsp3) is 0.333. The molecule has 2 heteroatoms. The molecule has 0 fully saturated rings. The minimum atomic E-state index is 0.107. The summed E-state index contributed by atoms with van der Waals surface area (Å²) in [6.45, 7) is 3.22. The summed E-state index contributed by atoms with van der Waals surface area (Å²) in [7, 11) is 0. The highest BCUT2D eigenvalue weighted by atomic mass is 16.5. The van der Waals surface area contributed by atoms with E-state index in [-0.39, 0.29) is 6.04 Å². The first kappa shape index (κ1) is 11.0. The van der Waals surface area contributed by atoms with Gasteiger partial charge in [-0.2, -0.15) is 0 Å². The van der Waals surface area contributed by atoms with Gasteiger partial charge in [-0.15, -0.1) is 0 Å². The first-order valence-electron chi connectivity index (χ1n) is 4.83. The molecule has 76 valence electrons. The van der Waals surface area contributed by atoms with Crippen LogP contribution in [-0.4, -0.2) is 12.6 Å². The van der Waals surface area contributed by atoms with Gasteiger partial charge in [0.2, 0.25) is 0 Å². The summed E-state index contributed by atoms with van der Waals surface area (Å²) in [5.41, 5.74) is 6.74. The smallest absolute Gasteiger partial charge is 0.0721 e. The second-order valence-electron chi connectivity index (χ2n) is 3.29. The van der Waals surface area contributed by atoms with Crippen molar-refractivity contribution in [2.24, 2.45) is 5.73 Å². The number of ether oxygens (including phenoxy) is 1. The highest BCUT2D eigenvalue weighted by Gasteiger charge is 1.89. The van der Waals surface area contributed by atoms with Gasteiger partial charge in [-0.05, 0) is 12.5 Å². The maximum atomic E-state index is 5.54. The largest absolute Gasteiger partial charge is 0.373 e. The van der Waals surface area contributed by atoms with E-state index in [2.05, 4.69) is 12.1 Å². The van der Waals surface area contributed by atoms with Crippen molar-refractivity contribution in [3.8, 4) is 0 Å². The van der Waals surface area contributed by atoms with Crippen molar-refractivity contribution >= 4 is 0 Å². The van der Waals surface area contributed by atoms with Crippen LogP contribution in [0.5, 0.6) is 0 Å². The lowest BCUT2D eigenvalue weighted by Gasteiger charge is -2.01. The Bertz CT molecular complexity index is 267. The molecule has 1 aromatic carbocycles. The highest BCUT2D eigenvalue weighted by molar-refractivity contribution is 5.13. The molecule has 14 heavy (non-hydrogen) atoms. The molecule has 0 heterocycles. The Hall–Kier alpha value is -1.12. The van der Waals surface area contributed by atoms with E-state index in [1.807, 2.05) is 37.3 Å². The van der Waals surface area contributed by atoms with Crippen molar-refractivity contribution in [3.63, 3.8) is 0 Å². The van der Waals surface area contributed by atoms with Crippen LogP contribution in [0, 0.1) is 0 Å². The Morgan fingerprint density at radius 2 is 2.07 bits per heavy atom. The molecule has 1 atom stereocenters. The maximum absolute atomic E-state index is 5.54. The van der Waals surface area contributed by atoms with Gasteiger partial charge >= 0.3 is 0 Å². The van der Waals surface area contributed by atoms with E-state index in [4.69, 9.17) is 10.5 Å². The highest BCUT2D eigenvalue weighted by Crippen LogP contribution is 2.00. The fourth-order valence-electron chi connectivity index (χ4n) is 1.09. The normalized spacial score (nSPS) is 13.3. The molecule has 1 rings (SSSR count). The molecule has 0 spiro atoms. The SMILES string of the molecule is C[C@@H](N)/C=C\COCc1ccccc1. The molecule has 0 amide bonds. The zero-order valence-corrected chi connectivity index (χ0v) is 8.52. The number of rotatable bonds is 5. The van der Waals surface area contributed by atoms with Crippen molar-refractivity contribution in [2.75, 3.05) is 6.61 Å². The maximum Gasteiger partial charge on any atom is 0.0721 e. The van der Waals surface area contributed by atoms with Crippen LogP contribution in [0.2, 0.25) is 0 Å². The predicted molar refractivity (Wildman–Crippen MR) is 58.9 cm³/mol. The first-order chi connectivity index (χ1) is 6.79. The van der Waals surface area contributed by atoms with Crippen LogP contribution in [0.4, 0.5) is 0 Å². The molecular weight excluding hydrogens is 174 g/mol. The minimum absolute atomic E-state index is 0.107. The molecule has 0 unspecified atom stereocenters. The van der Waals surface area contributed by atoms with E-state index < -0.39 is 0 Å². The summed E-state index contributed by atoms with van der Waals surface area (Å²) < 4.78 is 5.43. The summed E-state index contributed by atoms with van der Waals surface area (Å²) in [5, 5.41) is 0. The van der Waals surface area contributed by atoms with Crippen LogP contribution >= 0.6 is 0 Å². The third-order valence-corrected chi connectivity index (χ3v) is 1.77. The van der Waals surface area contributed by atoms with E-state index >= 15 is 0 Å².